The third kappa shape index (κ3) is 3.85. The Balaban J connectivity index is 1.78. The molecule has 2 aromatic carbocycles. The van der Waals surface area contributed by atoms with Gasteiger partial charge in [0.1, 0.15) is 0 Å². The largest absolute Gasteiger partial charge is 0.291 e. The quantitative estimate of drug-likeness (QED) is 0.823. The summed E-state index contributed by atoms with van der Waals surface area (Å²) >= 11 is 0. The Hall–Kier alpha value is -1.69. The van der Waals surface area contributed by atoms with E-state index in [0.29, 0.717) is 18.0 Å². The zero-order valence-corrected chi connectivity index (χ0v) is 16.8. The Bertz CT molecular complexity index is 853. The standard InChI is InChI=1S/C21H28N2O2S/c1-16-10-11-21(12-17(16)2)26(24,25)22-13-18(3)23(19(4)14-22)15-20-8-6-5-7-9-20/h5-12,18-19H,13-15H2,1-4H3. The molecule has 1 fully saturated rings. The van der Waals surface area contributed by atoms with E-state index in [4.69, 9.17) is 0 Å². The fourth-order valence-corrected chi connectivity index (χ4v) is 5.32. The smallest absolute Gasteiger partial charge is 0.243 e. The number of hydrogen-bond donors (Lipinski definition) is 0. The Morgan fingerprint density at radius 1 is 0.923 bits per heavy atom. The molecule has 1 heterocycles. The van der Waals surface area contributed by atoms with Crippen molar-refractivity contribution in [2.75, 3.05) is 13.1 Å². The van der Waals surface area contributed by atoms with Crippen LogP contribution in [0.5, 0.6) is 0 Å². The van der Waals surface area contributed by atoms with Gasteiger partial charge >= 0.3 is 0 Å². The van der Waals surface area contributed by atoms with Crippen molar-refractivity contribution in [2.24, 2.45) is 0 Å². The third-order valence-electron chi connectivity index (χ3n) is 5.39. The molecule has 0 saturated carbocycles. The average Bonchev–Trinajstić information content (AvgIpc) is 2.61. The van der Waals surface area contributed by atoms with E-state index < -0.39 is 10.0 Å². The van der Waals surface area contributed by atoms with Crippen LogP contribution < -0.4 is 0 Å². The van der Waals surface area contributed by atoms with Crippen molar-refractivity contribution in [3.8, 4) is 0 Å². The van der Waals surface area contributed by atoms with E-state index in [1.54, 1.807) is 16.4 Å². The van der Waals surface area contributed by atoms with E-state index >= 15 is 0 Å². The predicted molar refractivity (Wildman–Crippen MR) is 106 cm³/mol. The van der Waals surface area contributed by atoms with Crippen LogP contribution in [0.15, 0.2) is 53.4 Å². The molecule has 0 spiro atoms. The summed E-state index contributed by atoms with van der Waals surface area (Å²) in [7, 11) is -3.46. The maximum Gasteiger partial charge on any atom is 0.243 e. The van der Waals surface area contributed by atoms with Crippen LogP contribution in [0, 0.1) is 13.8 Å². The van der Waals surface area contributed by atoms with Crippen LogP contribution in [0.25, 0.3) is 0 Å². The molecular formula is C21H28N2O2S. The van der Waals surface area contributed by atoms with Gasteiger partial charge in [-0.05, 0) is 56.5 Å². The first kappa shape index (κ1) is 19.1. The molecule has 0 aromatic heterocycles. The van der Waals surface area contributed by atoms with Gasteiger partial charge in [-0.25, -0.2) is 8.42 Å². The first-order chi connectivity index (χ1) is 12.3. The van der Waals surface area contributed by atoms with Crippen LogP contribution >= 0.6 is 0 Å². The molecule has 0 aliphatic carbocycles. The second kappa shape index (κ2) is 7.51. The molecule has 2 aromatic rings. The fourth-order valence-electron chi connectivity index (χ4n) is 3.63. The van der Waals surface area contributed by atoms with Crippen LogP contribution in [0.2, 0.25) is 0 Å². The summed E-state index contributed by atoms with van der Waals surface area (Å²) in [4.78, 5) is 2.79. The van der Waals surface area contributed by atoms with Crippen molar-refractivity contribution >= 4 is 10.0 Å². The molecule has 1 aliphatic rings. The highest BCUT2D eigenvalue weighted by Gasteiger charge is 2.36. The van der Waals surface area contributed by atoms with Gasteiger partial charge in [-0.2, -0.15) is 4.31 Å². The lowest BCUT2D eigenvalue weighted by Crippen LogP contribution is -2.57. The van der Waals surface area contributed by atoms with Gasteiger partial charge in [-0.3, -0.25) is 4.90 Å². The molecule has 2 atom stereocenters. The fraction of sp³-hybridized carbons (Fsp3) is 0.429. The van der Waals surface area contributed by atoms with Gasteiger partial charge in [0.2, 0.25) is 10.0 Å². The van der Waals surface area contributed by atoms with Gasteiger partial charge < -0.3 is 0 Å². The molecule has 1 saturated heterocycles. The number of sulfonamides is 1. The first-order valence-corrected chi connectivity index (χ1v) is 10.6. The summed E-state index contributed by atoms with van der Waals surface area (Å²) in [6.07, 6.45) is 0. The molecule has 0 amide bonds. The van der Waals surface area contributed by atoms with Gasteiger partial charge in [0.25, 0.3) is 0 Å². The third-order valence-corrected chi connectivity index (χ3v) is 7.22. The molecule has 4 nitrogen and oxygen atoms in total. The minimum atomic E-state index is -3.46. The van der Waals surface area contributed by atoms with Crippen molar-refractivity contribution < 1.29 is 8.42 Å². The molecule has 2 unspecified atom stereocenters. The molecule has 0 bridgehead atoms. The summed E-state index contributed by atoms with van der Waals surface area (Å²) in [5, 5.41) is 0. The monoisotopic (exact) mass is 372 g/mol. The van der Waals surface area contributed by atoms with E-state index in [0.717, 1.165) is 17.7 Å². The van der Waals surface area contributed by atoms with Crippen LogP contribution in [0.4, 0.5) is 0 Å². The normalized spacial score (nSPS) is 22.5. The molecule has 26 heavy (non-hydrogen) atoms. The Morgan fingerprint density at radius 3 is 2.12 bits per heavy atom. The Labute approximate surface area is 157 Å². The van der Waals surface area contributed by atoms with Crippen LogP contribution in [-0.4, -0.2) is 42.8 Å². The Kier molecular flexibility index (Phi) is 5.51. The van der Waals surface area contributed by atoms with Crippen LogP contribution in [0.3, 0.4) is 0 Å². The number of nitrogens with zero attached hydrogens (tertiary/aromatic N) is 2. The molecule has 0 N–H and O–H groups in total. The van der Waals surface area contributed by atoms with Crippen molar-refractivity contribution in [3.63, 3.8) is 0 Å². The molecule has 5 heteroatoms. The Morgan fingerprint density at radius 2 is 1.54 bits per heavy atom. The minimum Gasteiger partial charge on any atom is -0.291 e. The predicted octanol–water partition coefficient (Wildman–Crippen LogP) is 3.59. The van der Waals surface area contributed by atoms with E-state index in [9.17, 15) is 8.42 Å². The van der Waals surface area contributed by atoms with Gasteiger partial charge in [0.05, 0.1) is 4.90 Å². The lowest BCUT2D eigenvalue weighted by molar-refractivity contribution is 0.0699. The zero-order chi connectivity index (χ0) is 18.9. The van der Waals surface area contributed by atoms with E-state index in [1.807, 2.05) is 38.1 Å². The maximum absolute atomic E-state index is 13.1. The molecule has 140 valence electrons. The van der Waals surface area contributed by atoms with Gasteiger partial charge in [0, 0.05) is 31.7 Å². The molecular weight excluding hydrogens is 344 g/mol. The van der Waals surface area contributed by atoms with Crippen molar-refractivity contribution in [3.05, 3.63) is 65.2 Å². The molecule has 3 rings (SSSR count). The number of aryl methyl sites for hydroxylation is 2. The van der Waals surface area contributed by atoms with Gasteiger partial charge in [0.15, 0.2) is 0 Å². The van der Waals surface area contributed by atoms with Gasteiger partial charge in [-0.15, -0.1) is 0 Å². The lowest BCUT2D eigenvalue weighted by atomic mass is 10.1. The summed E-state index contributed by atoms with van der Waals surface area (Å²) in [6.45, 7) is 10.1. The second-order valence-corrected chi connectivity index (χ2v) is 9.36. The average molecular weight is 373 g/mol. The summed E-state index contributed by atoms with van der Waals surface area (Å²) in [6, 6.07) is 16.1. The highest BCUT2D eigenvalue weighted by atomic mass is 32.2. The first-order valence-electron chi connectivity index (χ1n) is 9.16. The summed E-state index contributed by atoms with van der Waals surface area (Å²) in [5.41, 5.74) is 3.38. The van der Waals surface area contributed by atoms with E-state index in [-0.39, 0.29) is 12.1 Å². The topological polar surface area (TPSA) is 40.6 Å². The summed E-state index contributed by atoms with van der Waals surface area (Å²) < 4.78 is 27.9. The molecule has 0 radical (unpaired) electrons. The second-order valence-electron chi connectivity index (χ2n) is 7.42. The van der Waals surface area contributed by atoms with Crippen molar-refractivity contribution in [2.45, 2.75) is 51.2 Å². The number of benzene rings is 2. The van der Waals surface area contributed by atoms with Gasteiger partial charge in [-0.1, -0.05) is 36.4 Å². The van der Waals surface area contributed by atoms with Crippen molar-refractivity contribution in [1.82, 2.24) is 9.21 Å². The maximum atomic E-state index is 13.1. The van der Waals surface area contributed by atoms with Crippen LogP contribution in [-0.2, 0) is 16.6 Å². The number of piperazine rings is 1. The SMILES string of the molecule is Cc1ccc(S(=O)(=O)N2CC(C)N(Cc3ccccc3)C(C)C2)cc1C. The summed E-state index contributed by atoms with van der Waals surface area (Å²) in [5.74, 6) is 0. The van der Waals surface area contributed by atoms with E-state index in [1.165, 1.54) is 5.56 Å². The van der Waals surface area contributed by atoms with E-state index in [2.05, 4.69) is 30.9 Å². The minimum absolute atomic E-state index is 0.167. The zero-order valence-electron chi connectivity index (χ0n) is 16.0. The van der Waals surface area contributed by atoms with Crippen LogP contribution in [0.1, 0.15) is 30.5 Å². The molecule has 1 aliphatic heterocycles. The number of rotatable bonds is 4. The lowest BCUT2D eigenvalue weighted by Gasteiger charge is -2.43. The highest BCUT2D eigenvalue weighted by Crippen LogP contribution is 2.25. The van der Waals surface area contributed by atoms with Crippen molar-refractivity contribution in [1.29, 1.82) is 0 Å². The highest BCUT2D eigenvalue weighted by molar-refractivity contribution is 7.89. The number of hydrogen-bond acceptors (Lipinski definition) is 3.